The summed E-state index contributed by atoms with van der Waals surface area (Å²) in [7, 11) is 1.90. The summed E-state index contributed by atoms with van der Waals surface area (Å²) in [4.78, 5) is 24.2. The summed E-state index contributed by atoms with van der Waals surface area (Å²) >= 11 is 1.57. The molecular formula is C25H28N6O2S. The van der Waals surface area contributed by atoms with Crippen LogP contribution < -0.4 is 0 Å². The number of benzene rings is 1. The SMILES string of the molecule is CSc1nc(CCN(CC2CC2)C(=O)OCc2ccccc2)cn2c(-c3cnn(C)c3)cnc12. The third-order valence-corrected chi connectivity index (χ3v) is 6.64. The largest absolute Gasteiger partial charge is 0.445 e. The zero-order chi connectivity index (χ0) is 23.5. The lowest BCUT2D eigenvalue weighted by atomic mass is 10.2. The Bertz CT molecular complexity index is 1280. The van der Waals surface area contributed by atoms with Crippen LogP contribution in [0.25, 0.3) is 16.9 Å². The minimum absolute atomic E-state index is 0.263. The van der Waals surface area contributed by atoms with Crippen molar-refractivity contribution in [2.45, 2.75) is 30.9 Å². The first-order valence-electron chi connectivity index (χ1n) is 11.5. The second kappa shape index (κ2) is 9.89. The van der Waals surface area contributed by atoms with E-state index >= 15 is 0 Å². The number of aromatic nitrogens is 5. The minimum Gasteiger partial charge on any atom is -0.445 e. The van der Waals surface area contributed by atoms with Crippen LogP contribution in [0, 0.1) is 5.92 Å². The van der Waals surface area contributed by atoms with Gasteiger partial charge in [0.1, 0.15) is 11.6 Å². The molecule has 176 valence electrons. The van der Waals surface area contributed by atoms with Gasteiger partial charge in [-0.2, -0.15) is 5.10 Å². The van der Waals surface area contributed by atoms with E-state index in [0.29, 0.717) is 18.9 Å². The molecule has 0 radical (unpaired) electrons. The molecule has 0 unspecified atom stereocenters. The van der Waals surface area contributed by atoms with Crippen LogP contribution in [0.1, 0.15) is 24.1 Å². The first-order chi connectivity index (χ1) is 16.6. The summed E-state index contributed by atoms with van der Waals surface area (Å²) in [6.07, 6.45) is 12.4. The lowest BCUT2D eigenvalue weighted by molar-refractivity contribution is 0.0947. The summed E-state index contributed by atoms with van der Waals surface area (Å²) in [6.45, 7) is 1.58. The maximum Gasteiger partial charge on any atom is 0.410 e. The molecule has 5 rings (SSSR count). The molecular weight excluding hydrogens is 448 g/mol. The van der Waals surface area contributed by atoms with Gasteiger partial charge in [-0.05, 0) is 30.6 Å². The highest BCUT2D eigenvalue weighted by Gasteiger charge is 2.27. The number of ether oxygens (including phenoxy) is 1. The van der Waals surface area contributed by atoms with Crippen LogP contribution in [0.3, 0.4) is 0 Å². The number of amides is 1. The molecule has 1 aliphatic rings. The van der Waals surface area contributed by atoms with Gasteiger partial charge in [-0.15, -0.1) is 11.8 Å². The van der Waals surface area contributed by atoms with Gasteiger partial charge in [-0.25, -0.2) is 14.8 Å². The second-order valence-electron chi connectivity index (χ2n) is 8.66. The number of imidazole rings is 1. The van der Waals surface area contributed by atoms with E-state index in [9.17, 15) is 4.79 Å². The number of thioether (sulfide) groups is 1. The van der Waals surface area contributed by atoms with Crippen molar-refractivity contribution >= 4 is 23.5 Å². The van der Waals surface area contributed by atoms with Crippen molar-refractivity contribution in [3.63, 3.8) is 0 Å². The number of fused-ring (bicyclic) bond motifs is 1. The second-order valence-corrected chi connectivity index (χ2v) is 9.46. The zero-order valence-electron chi connectivity index (χ0n) is 19.4. The van der Waals surface area contributed by atoms with Crippen LogP contribution in [-0.2, 0) is 24.8 Å². The van der Waals surface area contributed by atoms with Crippen molar-refractivity contribution in [3.05, 3.63) is 66.4 Å². The summed E-state index contributed by atoms with van der Waals surface area (Å²) in [5.41, 5.74) is 4.70. The Kier molecular flexibility index (Phi) is 6.53. The Hall–Kier alpha value is -3.33. The monoisotopic (exact) mass is 476 g/mol. The minimum atomic E-state index is -0.263. The standard InChI is InChI=1S/C25H28N6O2S/c1-29-15-20(12-27-29)22-13-26-23-24(34-2)28-21(16-31(22)23)10-11-30(14-18-8-9-18)25(32)33-17-19-6-4-3-5-7-19/h3-7,12-13,15-16,18H,8-11,14,17H2,1-2H3. The number of aryl methyl sites for hydroxylation is 1. The highest BCUT2D eigenvalue weighted by molar-refractivity contribution is 7.98. The number of nitrogens with zero attached hydrogens (tertiary/aromatic N) is 6. The number of hydrogen-bond acceptors (Lipinski definition) is 6. The molecule has 0 bridgehead atoms. The predicted octanol–water partition coefficient (Wildman–Crippen LogP) is 4.44. The number of carbonyl (C=O) groups is 1. The molecule has 1 saturated carbocycles. The maximum absolute atomic E-state index is 12.9. The van der Waals surface area contributed by atoms with Crippen molar-refractivity contribution in [2.75, 3.05) is 19.3 Å². The Morgan fingerprint density at radius 2 is 2.03 bits per heavy atom. The van der Waals surface area contributed by atoms with Crippen LogP contribution in [0.4, 0.5) is 4.79 Å². The Balaban J connectivity index is 1.33. The summed E-state index contributed by atoms with van der Waals surface area (Å²) < 4.78 is 9.48. The Labute approximate surface area is 203 Å². The van der Waals surface area contributed by atoms with Crippen LogP contribution in [0.5, 0.6) is 0 Å². The van der Waals surface area contributed by atoms with Gasteiger partial charge in [0.15, 0.2) is 5.65 Å². The Morgan fingerprint density at radius 1 is 1.21 bits per heavy atom. The van der Waals surface area contributed by atoms with Gasteiger partial charge in [-0.1, -0.05) is 30.3 Å². The molecule has 3 heterocycles. The topological polar surface area (TPSA) is 77.5 Å². The fourth-order valence-corrected chi connectivity index (χ4v) is 4.50. The van der Waals surface area contributed by atoms with Crippen LogP contribution in [0.2, 0.25) is 0 Å². The lowest BCUT2D eigenvalue weighted by Crippen LogP contribution is -2.35. The summed E-state index contributed by atoms with van der Waals surface area (Å²) in [6, 6.07) is 9.79. The maximum atomic E-state index is 12.9. The van der Waals surface area contributed by atoms with Crippen molar-refractivity contribution in [1.29, 1.82) is 0 Å². The van der Waals surface area contributed by atoms with E-state index < -0.39 is 0 Å². The predicted molar refractivity (Wildman–Crippen MR) is 132 cm³/mol. The van der Waals surface area contributed by atoms with E-state index in [2.05, 4.69) is 14.5 Å². The first kappa shape index (κ1) is 22.5. The highest BCUT2D eigenvalue weighted by Crippen LogP contribution is 2.30. The molecule has 0 atom stereocenters. The number of hydrogen-bond donors (Lipinski definition) is 0. The third kappa shape index (κ3) is 5.09. The van der Waals surface area contributed by atoms with Crippen molar-refractivity contribution < 1.29 is 9.53 Å². The van der Waals surface area contributed by atoms with Gasteiger partial charge < -0.3 is 9.64 Å². The average Bonchev–Trinajstić information content (AvgIpc) is 3.42. The summed E-state index contributed by atoms with van der Waals surface area (Å²) in [5.74, 6) is 0.576. The van der Waals surface area contributed by atoms with Crippen LogP contribution >= 0.6 is 11.8 Å². The molecule has 1 aromatic carbocycles. The van der Waals surface area contributed by atoms with Gasteiger partial charge in [0.2, 0.25) is 0 Å². The molecule has 8 nitrogen and oxygen atoms in total. The lowest BCUT2D eigenvalue weighted by Gasteiger charge is -2.22. The van der Waals surface area contributed by atoms with E-state index in [1.54, 1.807) is 16.4 Å². The molecule has 0 spiro atoms. The zero-order valence-corrected chi connectivity index (χ0v) is 20.2. The summed E-state index contributed by atoms with van der Waals surface area (Å²) in [5, 5.41) is 5.16. The molecule has 1 fully saturated rings. The molecule has 1 amide bonds. The molecule has 1 aliphatic carbocycles. The van der Waals surface area contributed by atoms with Gasteiger partial charge >= 0.3 is 6.09 Å². The van der Waals surface area contributed by atoms with E-state index in [0.717, 1.165) is 39.7 Å². The van der Waals surface area contributed by atoms with Crippen LogP contribution in [0.15, 0.2) is 60.1 Å². The van der Waals surface area contributed by atoms with Crippen molar-refractivity contribution in [3.8, 4) is 11.3 Å². The molecule has 4 aromatic rings. The highest BCUT2D eigenvalue weighted by atomic mass is 32.2. The number of rotatable bonds is 9. The smallest absolute Gasteiger partial charge is 0.410 e. The van der Waals surface area contributed by atoms with Crippen LogP contribution in [-0.4, -0.2) is 54.5 Å². The quantitative estimate of drug-likeness (QED) is 0.332. The van der Waals surface area contributed by atoms with E-state index in [1.807, 2.05) is 73.3 Å². The average molecular weight is 477 g/mol. The third-order valence-electron chi connectivity index (χ3n) is 5.98. The van der Waals surface area contributed by atoms with E-state index in [-0.39, 0.29) is 12.7 Å². The Morgan fingerprint density at radius 3 is 2.74 bits per heavy atom. The fourth-order valence-electron chi connectivity index (χ4n) is 3.96. The van der Waals surface area contributed by atoms with E-state index in [1.165, 1.54) is 12.8 Å². The fraction of sp³-hybridized carbons (Fsp3) is 0.360. The van der Waals surface area contributed by atoms with Gasteiger partial charge in [0.25, 0.3) is 0 Å². The number of carbonyl (C=O) groups excluding carboxylic acids is 1. The first-order valence-corrected chi connectivity index (χ1v) is 12.7. The normalized spacial score (nSPS) is 13.4. The van der Waals surface area contributed by atoms with Gasteiger partial charge in [-0.3, -0.25) is 9.08 Å². The molecule has 0 aliphatic heterocycles. The molecule has 0 N–H and O–H groups in total. The molecule has 9 heteroatoms. The molecule has 3 aromatic heterocycles. The van der Waals surface area contributed by atoms with E-state index in [4.69, 9.17) is 9.72 Å². The van der Waals surface area contributed by atoms with Crippen molar-refractivity contribution in [2.24, 2.45) is 13.0 Å². The van der Waals surface area contributed by atoms with Gasteiger partial charge in [0.05, 0.1) is 23.8 Å². The molecule has 0 saturated heterocycles. The molecule has 34 heavy (non-hydrogen) atoms. The van der Waals surface area contributed by atoms with Gasteiger partial charge in [0, 0.05) is 44.5 Å². The van der Waals surface area contributed by atoms with Crippen molar-refractivity contribution in [1.82, 2.24) is 29.0 Å².